The highest BCUT2D eigenvalue weighted by atomic mass is 16.5. The molecular weight excluding hydrogens is 342 g/mol. The van der Waals surface area contributed by atoms with Crippen LogP contribution in [-0.2, 0) is 16.0 Å². The number of hydrogen-bond donors (Lipinski definition) is 1. The standard InChI is InChI=1S/C20H25N5O2/c1-3-14-9-11-15(12-10-14)18-17(13(2)21-20-22-23-24-25(18)20)19(26)27-16-7-5-4-6-8-16/h9-12,16,18H,3-8H2,1-2H3,(H,21,22,24). The molecule has 7 heteroatoms. The molecule has 2 heterocycles. The predicted molar refractivity (Wildman–Crippen MR) is 101 cm³/mol. The third kappa shape index (κ3) is 3.46. The van der Waals surface area contributed by atoms with Crippen LogP contribution in [0.4, 0.5) is 5.95 Å². The normalized spacial score (nSPS) is 20.1. The number of nitrogens with zero attached hydrogens (tertiary/aromatic N) is 4. The van der Waals surface area contributed by atoms with E-state index in [2.05, 4.69) is 39.9 Å². The van der Waals surface area contributed by atoms with Gasteiger partial charge in [0.2, 0.25) is 5.95 Å². The third-order valence-corrected chi connectivity index (χ3v) is 5.46. The summed E-state index contributed by atoms with van der Waals surface area (Å²) in [5, 5.41) is 15.1. The summed E-state index contributed by atoms with van der Waals surface area (Å²) in [7, 11) is 0. The highest BCUT2D eigenvalue weighted by molar-refractivity contribution is 5.92. The van der Waals surface area contributed by atoms with Crippen LogP contribution in [0, 0.1) is 0 Å². The van der Waals surface area contributed by atoms with Gasteiger partial charge in [-0.05, 0) is 60.6 Å². The van der Waals surface area contributed by atoms with Crippen LogP contribution in [0.3, 0.4) is 0 Å². The first-order chi connectivity index (χ1) is 13.2. The summed E-state index contributed by atoms with van der Waals surface area (Å²) in [5.74, 6) is 0.254. The van der Waals surface area contributed by atoms with Gasteiger partial charge in [0.15, 0.2) is 0 Å². The number of aryl methyl sites for hydroxylation is 1. The van der Waals surface area contributed by atoms with Gasteiger partial charge in [-0.25, -0.2) is 4.79 Å². The quantitative estimate of drug-likeness (QED) is 0.834. The van der Waals surface area contributed by atoms with Gasteiger partial charge in [0, 0.05) is 5.70 Å². The lowest BCUT2D eigenvalue weighted by molar-refractivity contribution is -0.146. The van der Waals surface area contributed by atoms with Gasteiger partial charge < -0.3 is 10.1 Å². The number of aromatic nitrogens is 4. The van der Waals surface area contributed by atoms with Crippen molar-refractivity contribution in [3.8, 4) is 0 Å². The van der Waals surface area contributed by atoms with Crippen molar-refractivity contribution in [3.05, 3.63) is 46.7 Å². The lowest BCUT2D eigenvalue weighted by Crippen LogP contribution is -2.32. The topological polar surface area (TPSA) is 81.9 Å². The third-order valence-electron chi connectivity index (χ3n) is 5.46. The number of esters is 1. The summed E-state index contributed by atoms with van der Waals surface area (Å²) in [6.07, 6.45) is 6.31. The number of carbonyl (C=O) groups is 1. The first kappa shape index (κ1) is 17.7. The molecule has 1 saturated carbocycles. The molecule has 0 spiro atoms. The maximum atomic E-state index is 13.1. The molecule has 0 saturated heterocycles. The zero-order valence-corrected chi connectivity index (χ0v) is 15.8. The first-order valence-corrected chi connectivity index (χ1v) is 9.73. The van der Waals surface area contributed by atoms with Crippen molar-refractivity contribution in [2.24, 2.45) is 0 Å². The number of fused-ring (bicyclic) bond motifs is 1. The second-order valence-electron chi connectivity index (χ2n) is 7.27. The largest absolute Gasteiger partial charge is 0.459 e. The van der Waals surface area contributed by atoms with Crippen molar-refractivity contribution in [1.82, 2.24) is 20.2 Å². The van der Waals surface area contributed by atoms with Crippen molar-refractivity contribution in [2.45, 2.75) is 64.5 Å². The van der Waals surface area contributed by atoms with E-state index in [0.717, 1.165) is 43.4 Å². The number of ether oxygens (including phenoxy) is 1. The molecule has 1 aromatic carbocycles. The maximum Gasteiger partial charge on any atom is 0.338 e. The van der Waals surface area contributed by atoms with Crippen LogP contribution in [0.25, 0.3) is 0 Å². The Kier molecular flexibility index (Phi) is 4.92. The molecule has 1 aliphatic carbocycles. The van der Waals surface area contributed by atoms with E-state index in [9.17, 15) is 4.79 Å². The Bertz CT molecular complexity index is 850. The number of tetrazole rings is 1. The van der Waals surface area contributed by atoms with E-state index in [1.807, 2.05) is 19.1 Å². The van der Waals surface area contributed by atoms with Crippen LogP contribution in [0.1, 0.15) is 63.1 Å². The van der Waals surface area contributed by atoms with E-state index in [1.54, 1.807) is 4.68 Å². The van der Waals surface area contributed by atoms with Gasteiger partial charge in [-0.15, -0.1) is 0 Å². The molecule has 7 nitrogen and oxygen atoms in total. The monoisotopic (exact) mass is 367 g/mol. The Morgan fingerprint density at radius 1 is 1.22 bits per heavy atom. The molecule has 1 N–H and O–H groups in total. The average molecular weight is 367 g/mol. The van der Waals surface area contributed by atoms with E-state index >= 15 is 0 Å². The number of anilines is 1. The van der Waals surface area contributed by atoms with Gasteiger partial charge in [0.05, 0.1) is 5.57 Å². The molecule has 0 radical (unpaired) electrons. The van der Waals surface area contributed by atoms with E-state index in [4.69, 9.17) is 4.74 Å². The van der Waals surface area contributed by atoms with Gasteiger partial charge in [0.1, 0.15) is 12.1 Å². The molecule has 2 aromatic rings. The predicted octanol–water partition coefficient (Wildman–Crippen LogP) is 3.40. The van der Waals surface area contributed by atoms with Crippen LogP contribution in [0.5, 0.6) is 0 Å². The van der Waals surface area contributed by atoms with E-state index in [-0.39, 0.29) is 12.1 Å². The Hall–Kier alpha value is -2.70. The van der Waals surface area contributed by atoms with Crippen LogP contribution in [-0.4, -0.2) is 32.3 Å². The van der Waals surface area contributed by atoms with Crippen molar-refractivity contribution in [1.29, 1.82) is 0 Å². The number of allylic oxidation sites excluding steroid dienone is 1. The molecule has 1 aliphatic heterocycles. The zero-order chi connectivity index (χ0) is 18.8. The number of nitrogens with one attached hydrogen (secondary N) is 1. The fourth-order valence-electron chi connectivity index (χ4n) is 3.92. The van der Waals surface area contributed by atoms with Gasteiger partial charge in [-0.2, -0.15) is 4.68 Å². The molecule has 1 atom stereocenters. The summed E-state index contributed by atoms with van der Waals surface area (Å²) in [5.41, 5.74) is 3.53. The Morgan fingerprint density at radius 3 is 2.67 bits per heavy atom. The van der Waals surface area contributed by atoms with Crippen LogP contribution < -0.4 is 5.32 Å². The van der Waals surface area contributed by atoms with Gasteiger partial charge in [-0.1, -0.05) is 42.7 Å². The summed E-state index contributed by atoms with van der Waals surface area (Å²) in [6.45, 7) is 4.00. The van der Waals surface area contributed by atoms with E-state index in [1.165, 1.54) is 12.0 Å². The number of rotatable bonds is 4. The summed E-state index contributed by atoms with van der Waals surface area (Å²) in [4.78, 5) is 13.1. The van der Waals surface area contributed by atoms with Crippen LogP contribution in [0.2, 0.25) is 0 Å². The van der Waals surface area contributed by atoms with Gasteiger partial charge in [-0.3, -0.25) is 0 Å². The van der Waals surface area contributed by atoms with E-state index in [0.29, 0.717) is 11.5 Å². The SMILES string of the molecule is CCc1ccc(C2C(C(=O)OC3CCCCC3)=C(C)Nc3nnnn32)cc1. The minimum Gasteiger partial charge on any atom is -0.459 e. The summed E-state index contributed by atoms with van der Waals surface area (Å²) < 4.78 is 7.53. The number of benzene rings is 1. The summed E-state index contributed by atoms with van der Waals surface area (Å²) >= 11 is 0. The zero-order valence-electron chi connectivity index (χ0n) is 15.8. The fourth-order valence-corrected chi connectivity index (χ4v) is 3.92. The van der Waals surface area contributed by atoms with Crippen molar-refractivity contribution in [2.75, 3.05) is 5.32 Å². The second-order valence-corrected chi connectivity index (χ2v) is 7.27. The Morgan fingerprint density at radius 2 is 1.96 bits per heavy atom. The van der Waals surface area contributed by atoms with Gasteiger partial charge in [0.25, 0.3) is 0 Å². The molecule has 4 rings (SSSR count). The lowest BCUT2D eigenvalue weighted by atomic mass is 9.94. The molecule has 142 valence electrons. The van der Waals surface area contributed by atoms with Crippen molar-refractivity contribution < 1.29 is 9.53 Å². The molecule has 1 unspecified atom stereocenters. The molecule has 27 heavy (non-hydrogen) atoms. The number of carbonyl (C=O) groups excluding carboxylic acids is 1. The molecular formula is C20H25N5O2. The molecule has 0 amide bonds. The molecule has 1 aromatic heterocycles. The lowest BCUT2D eigenvalue weighted by Gasteiger charge is -2.29. The van der Waals surface area contributed by atoms with Crippen LogP contribution >= 0.6 is 0 Å². The smallest absolute Gasteiger partial charge is 0.338 e. The second kappa shape index (κ2) is 7.50. The molecule has 1 fully saturated rings. The van der Waals surface area contributed by atoms with Crippen LogP contribution in [0.15, 0.2) is 35.5 Å². The first-order valence-electron chi connectivity index (χ1n) is 9.73. The summed E-state index contributed by atoms with van der Waals surface area (Å²) in [6, 6.07) is 7.86. The van der Waals surface area contributed by atoms with Crippen molar-refractivity contribution >= 4 is 11.9 Å². The Labute approximate surface area is 158 Å². The van der Waals surface area contributed by atoms with Gasteiger partial charge >= 0.3 is 5.97 Å². The maximum absolute atomic E-state index is 13.1. The average Bonchev–Trinajstić information content (AvgIpc) is 3.15. The minimum atomic E-state index is -0.391. The Balaban J connectivity index is 1.68. The highest BCUT2D eigenvalue weighted by Gasteiger charge is 2.36. The molecule has 2 aliphatic rings. The fraction of sp³-hybridized carbons (Fsp3) is 0.500. The highest BCUT2D eigenvalue weighted by Crippen LogP contribution is 2.35. The number of hydrogen-bond acceptors (Lipinski definition) is 6. The van der Waals surface area contributed by atoms with Crippen molar-refractivity contribution in [3.63, 3.8) is 0 Å². The minimum absolute atomic E-state index is 0.00457. The molecule has 0 bridgehead atoms. The van der Waals surface area contributed by atoms with E-state index < -0.39 is 6.04 Å².